The molecule has 0 spiro atoms. The first-order valence-electron chi connectivity index (χ1n) is 20.6. The Morgan fingerprint density at radius 2 is 1.08 bits per heavy atom. The van der Waals surface area contributed by atoms with Crippen LogP contribution in [-0.4, -0.2) is 66.8 Å². The van der Waals surface area contributed by atoms with Crippen LogP contribution in [0.3, 0.4) is 0 Å². The van der Waals surface area contributed by atoms with Crippen molar-refractivity contribution in [2.24, 2.45) is 0 Å². The van der Waals surface area contributed by atoms with E-state index in [2.05, 4.69) is 19.2 Å². The molecule has 0 aromatic carbocycles. The maximum Gasteiger partial charge on any atom is 0.472 e. The maximum atomic E-state index is 12.8. The van der Waals surface area contributed by atoms with Crippen LogP contribution in [-0.2, 0) is 18.4 Å². The third-order valence-electron chi connectivity index (χ3n) is 9.28. The van der Waals surface area contributed by atoms with Crippen molar-refractivity contribution < 1.29 is 28.4 Å². The average Bonchev–Trinajstić information content (AvgIpc) is 3.06. The molecule has 0 aromatic rings. The van der Waals surface area contributed by atoms with Crippen molar-refractivity contribution in [3.63, 3.8) is 0 Å². The normalized spacial score (nSPS) is 14.4. The molecule has 292 valence electrons. The summed E-state index contributed by atoms with van der Waals surface area (Å²) in [6, 6.07) is -0.838. The van der Waals surface area contributed by atoms with Crippen molar-refractivity contribution >= 4 is 13.7 Å². The second-order valence-electron chi connectivity index (χ2n) is 14.5. The van der Waals surface area contributed by atoms with Gasteiger partial charge in [0, 0.05) is 13.0 Å². The lowest BCUT2D eigenvalue weighted by Crippen LogP contribution is -2.45. The monoisotopic (exact) mass is 717 g/mol. The lowest BCUT2D eigenvalue weighted by atomic mass is 10.0. The summed E-state index contributed by atoms with van der Waals surface area (Å²) in [7, 11) is -0.626. The molecule has 3 N–H and O–H groups in total. The molecule has 0 saturated carbocycles. The van der Waals surface area contributed by atoms with E-state index >= 15 is 0 Å². The summed E-state index contributed by atoms with van der Waals surface area (Å²) in [5.74, 6) is -0.178. The Kier molecular flexibility index (Phi) is 35.1. The van der Waals surface area contributed by atoms with Gasteiger partial charge >= 0.3 is 7.82 Å². The fourth-order valence-corrected chi connectivity index (χ4v) is 6.74. The Bertz CT molecular complexity index is 797. The van der Waals surface area contributed by atoms with E-state index in [1.54, 1.807) is 6.08 Å². The predicted molar refractivity (Wildman–Crippen MR) is 208 cm³/mol. The van der Waals surface area contributed by atoms with Gasteiger partial charge in [-0.25, -0.2) is 4.57 Å². The van der Waals surface area contributed by atoms with Gasteiger partial charge in [0.05, 0.1) is 25.4 Å². The standard InChI is InChI=1S/C40H81N2O6P/c1-5-7-9-11-13-15-17-19-20-22-24-26-28-30-32-34-40(44)41-38(37-48-49(45,46)47-36-35-42(3)4)39(43)33-31-29-27-25-23-21-18-16-14-12-10-8-6-2/h31,33,38-39,43H,5-30,32,34-37H2,1-4H3,(H,41,44)(H,45,46)/b33-31+/t38-,39+/m0/s1. The van der Waals surface area contributed by atoms with Gasteiger partial charge in [-0.05, 0) is 33.4 Å². The molecular weight excluding hydrogens is 635 g/mol. The summed E-state index contributed by atoms with van der Waals surface area (Å²) >= 11 is 0. The number of aliphatic hydroxyl groups is 1. The fourth-order valence-electron chi connectivity index (χ4n) is 6.01. The van der Waals surface area contributed by atoms with Crippen molar-refractivity contribution in [3.8, 4) is 0 Å². The molecule has 0 fully saturated rings. The molecule has 8 nitrogen and oxygen atoms in total. The Morgan fingerprint density at radius 3 is 1.51 bits per heavy atom. The lowest BCUT2D eigenvalue weighted by molar-refractivity contribution is -0.123. The minimum Gasteiger partial charge on any atom is -0.387 e. The highest BCUT2D eigenvalue weighted by molar-refractivity contribution is 7.47. The SMILES string of the molecule is CCCCCCCCCCCCC/C=C/[C@@H](O)[C@H](COP(=O)(O)OCCN(C)C)NC(=O)CCCCCCCCCCCCCCCCC. The van der Waals surface area contributed by atoms with Crippen LogP contribution in [0.15, 0.2) is 12.2 Å². The molecule has 0 rings (SSSR count). The zero-order valence-electron chi connectivity index (χ0n) is 32.7. The van der Waals surface area contributed by atoms with Gasteiger partial charge < -0.3 is 20.2 Å². The highest BCUT2D eigenvalue weighted by atomic mass is 31.2. The van der Waals surface area contributed by atoms with Crippen molar-refractivity contribution in [2.75, 3.05) is 33.9 Å². The van der Waals surface area contributed by atoms with E-state index in [0.29, 0.717) is 13.0 Å². The fraction of sp³-hybridized carbons (Fsp3) is 0.925. The summed E-state index contributed by atoms with van der Waals surface area (Å²) in [6.45, 7) is 4.71. The largest absolute Gasteiger partial charge is 0.472 e. The van der Waals surface area contributed by atoms with E-state index in [1.807, 2.05) is 25.1 Å². The van der Waals surface area contributed by atoms with Crippen LogP contribution >= 0.6 is 7.82 Å². The third-order valence-corrected chi connectivity index (χ3v) is 10.3. The van der Waals surface area contributed by atoms with E-state index in [4.69, 9.17) is 9.05 Å². The lowest BCUT2D eigenvalue weighted by Gasteiger charge is -2.23. The zero-order chi connectivity index (χ0) is 36.3. The number of aliphatic hydroxyl groups excluding tert-OH is 1. The van der Waals surface area contributed by atoms with Gasteiger partial charge in [0.1, 0.15) is 0 Å². The van der Waals surface area contributed by atoms with Gasteiger partial charge in [0.25, 0.3) is 0 Å². The molecule has 49 heavy (non-hydrogen) atoms. The Hall–Kier alpha value is -0.760. The van der Waals surface area contributed by atoms with Gasteiger partial charge in [0.15, 0.2) is 0 Å². The topological polar surface area (TPSA) is 108 Å². The molecule has 0 aromatic heterocycles. The van der Waals surface area contributed by atoms with Crippen molar-refractivity contribution in [1.29, 1.82) is 0 Å². The minimum absolute atomic E-state index is 0.0401. The number of hydrogen-bond donors (Lipinski definition) is 3. The number of rotatable bonds is 38. The summed E-state index contributed by atoms with van der Waals surface area (Å²) in [4.78, 5) is 24.7. The average molecular weight is 717 g/mol. The van der Waals surface area contributed by atoms with Crippen LogP contribution in [0.4, 0.5) is 0 Å². The Labute approximate surface area is 303 Å². The number of likely N-dealkylation sites (N-methyl/N-ethyl adjacent to an activating group) is 1. The second kappa shape index (κ2) is 35.6. The van der Waals surface area contributed by atoms with Crippen LogP contribution < -0.4 is 5.32 Å². The summed E-state index contributed by atoms with van der Waals surface area (Å²) in [5.41, 5.74) is 0. The molecule has 0 aliphatic heterocycles. The molecule has 3 atom stereocenters. The Balaban J connectivity index is 4.38. The minimum atomic E-state index is -4.31. The number of hydrogen-bond acceptors (Lipinski definition) is 6. The van der Waals surface area contributed by atoms with Crippen molar-refractivity contribution in [1.82, 2.24) is 10.2 Å². The van der Waals surface area contributed by atoms with Gasteiger partial charge in [-0.2, -0.15) is 0 Å². The van der Waals surface area contributed by atoms with Crippen LogP contribution in [0.5, 0.6) is 0 Å². The molecular formula is C40H81N2O6P. The molecule has 0 aliphatic carbocycles. The smallest absolute Gasteiger partial charge is 0.387 e. The molecule has 1 amide bonds. The van der Waals surface area contributed by atoms with E-state index in [-0.39, 0.29) is 19.1 Å². The summed E-state index contributed by atoms with van der Waals surface area (Å²) in [5, 5.41) is 13.7. The number of allylic oxidation sites excluding steroid dienone is 1. The summed E-state index contributed by atoms with van der Waals surface area (Å²) in [6.07, 6.45) is 36.9. The number of phosphoric ester groups is 1. The van der Waals surface area contributed by atoms with E-state index in [9.17, 15) is 19.4 Å². The molecule has 1 unspecified atom stereocenters. The first-order chi connectivity index (χ1) is 23.7. The van der Waals surface area contributed by atoms with Crippen LogP contribution in [0, 0.1) is 0 Å². The van der Waals surface area contributed by atoms with Gasteiger partial charge in [-0.15, -0.1) is 0 Å². The van der Waals surface area contributed by atoms with Gasteiger partial charge in [0.2, 0.25) is 5.91 Å². The van der Waals surface area contributed by atoms with Crippen molar-refractivity contribution in [2.45, 2.75) is 206 Å². The van der Waals surface area contributed by atoms with Crippen LogP contribution in [0.2, 0.25) is 0 Å². The van der Waals surface area contributed by atoms with Crippen LogP contribution in [0.1, 0.15) is 194 Å². The van der Waals surface area contributed by atoms with E-state index < -0.39 is 20.0 Å². The third kappa shape index (κ3) is 35.4. The molecule has 9 heteroatoms. The number of amides is 1. The van der Waals surface area contributed by atoms with Crippen LogP contribution in [0.25, 0.3) is 0 Å². The molecule has 0 saturated heterocycles. The quantitative estimate of drug-likeness (QED) is 0.0331. The molecule has 0 heterocycles. The number of carbonyl (C=O) groups is 1. The van der Waals surface area contributed by atoms with Crippen molar-refractivity contribution in [3.05, 3.63) is 12.2 Å². The first kappa shape index (κ1) is 48.2. The first-order valence-corrected chi connectivity index (χ1v) is 22.1. The highest BCUT2D eigenvalue weighted by Gasteiger charge is 2.27. The highest BCUT2D eigenvalue weighted by Crippen LogP contribution is 2.43. The predicted octanol–water partition coefficient (Wildman–Crippen LogP) is 11.0. The molecule has 0 bridgehead atoms. The van der Waals surface area contributed by atoms with Gasteiger partial charge in [-0.1, -0.05) is 180 Å². The number of carbonyl (C=O) groups excluding carboxylic acids is 1. The maximum absolute atomic E-state index is 12.8. The molecule has 0 radical (unpaired) electrons. The zero-order valence-corrected chi connectivity index (χ0v) is 33.5. The second-order valence-corrected chi connectivity index (χ2v) is 16.0. The van der Waals surface area contributed by atoms with E-state index in [1.165, 1.54) is 135 Å². The summed E-state index contributed by atoms with van der Waals surface area (Å²) < 4.78 is 22.7. The van der Waals surface area contributed by atoms with Gasteiger partial charge in [-0.3, -0.25) is 13.8 Å². The number of nitrogens with one attached hydrogen (secondary N) is 1. The number of phosphoric acid groups is 1. The van der Waals surface area contributed by atoms with E-state index in [0.717, 1.165) is 38.5 Å². The molecule has 0 aliphatic rings. The Morgan fingerprint density at radius 1 is 0.673 bits per heavy atom. The number of nitrogens with zero attached hydrogens (tertiary/aromatic N) is 1. The number of unbranched alkanes of at least 4 members (excludes halogenated alkanes) is 25.